The molecule has 3 aliphatic heterocycles. The van der Waals surface area contributed by atoms with Crippen LogP contribution in [0.15, 0.2) is 18.2 Å². The van der Waals surface area contributed by atoms with Gasteiger partial charge in [-0.15, -0.1) is 0 Å². The third-order valence-electron chi connectivity index (χ3n) is 4.83. The topological polar surface area (TPSA) is 100 Å². The van der Waals surface area contributed by atoms with E-state index in [2.05, 4.69) is 10.6 Å². The zero-order chi connectivity index (χ0) is 18.3. The molecule has 0 aliphatic carbocycles. The number of nitrogens with one attached hydrogen (secondary N) is 2. The van der Waals surface area contributed by atoms with E-state index in [1.165, 1.54) is 4.90 Å². The molecule has 1 atom stereocenters. The van der Waals surface area contributed by atoms with Crippen LogP contribution in [-0.2, 0) is 9.53 Å². The maximum atomic E-state index is 12.6. The van der Waals surface area contributed by atoms with Crippen molar-refractivity contribution in [3.63, 3.8) is 0 Å². The molecule has 9 heteroatoms. The van der Waals surface area contributed by atoms with Crippen LogP contribution >= 0.6 is 0 Å². The lowest BCUT2D eigenvalue weighted by Crippen LogP contribution is -2.53. The van der Waals surface area contributed by atoms with E-state index >= 15 is 0 Å². The van der Waals surface area contributed by atoms with E-state index in [0.29, 0.717) is 36.8 Å². The van der Waals surface area contributed by atoms with Crippen molar-refractivity contribution in [3.05, 3.63) is 18.2 Å². The Kier molecular flexibility index (Phi) is 3.86. The third kappa shape index (κ3) is 3.00. The third-order valence-corrected chi connectivity index (χ3v) is 4.83. The first-order chi connectivity index (χ1) is 12.4. The Bertz CT molecular complexity index is 782. The number of hydrogen-bond acceptors (Lipinski definition) is 5. The van der Waals surface area contributed by atoms with Crippen molar-refractivity contribution >= 4 is 29.4 Å². The lowest BCUT2D eigenvalue weighted by molar-refractivity contribution is -0.118. The zero-order valence-corrected chi connectivity index (χ0v) is 14.4. The van der Waals surface area contributed by atoms with Gasteiger partial charge in [-0.25, -0.2) is 9.59 Å². The highest BCUT2D eigenvalue weighted by atomic mass is 16.6. The molecule has 138 valence electrons. The van der Waals surface area contributed by atoms with Crippen molar-refractivity contribution in [2.24, 2.45) is 0 Å². The number of nitrogens with zero attached hydrogens (tertiary/aromatic N) is 2. The number of fused-ring (bicyclic) bond motifs is 1. The van der Waals surface area contributed by atoms with Crippen LogP contribution < -0.4 is 15.4 Å². The normalized spacial score (nSPS) is 24.7. The van der Waals surface area contributed by atoms with E-state index < -0.39 is 5.60 Å². The van der Waals surface area contributed by atoms with Crippen LogP contribution in [0.3, 0.4) is 0 Å². The Labute approximate surface area is 150 Å². The number of amides is 4. The van der Waals surface area contributed by atoms with Crippen LogP contribution in [0.2, 0.25) is 0 Å². The highest BCUT2D eigenvalue weighted by Gasteiger charge is 2.47. The summed E-state index contributed by atoms with van der Waals surface area (Å²) in [6, 6.07) is 4.81. The lowest BCUT2D eigenvalue weighted by Gasteiger charge is -2.38. The molecule has 3 aliphatic rings. The van der Waals surface area contributed by atoms with Crippen LogP contribution in [0.25, 0.3) is 0 Å². The van der Waals surface area contributed by atoms with Gasteiger partial charge in [0.2, 0.25) is 0 Å². The molecule has 1 aromatic rings. The molecule has 2 N–H and O–H groups in total. The van der Waals surface area contributed by atoms with Crippen molar-refractivity contribution in [2.75, 3.05) is 43.9 Å². The first kappa shape index (κ1) is 16.5. The van der Waals surface area contributed by atoms with Crippen LogP contribution in [-0.4, -0.2) is 66.7 Å². The van der Waals surface area contributed by atoms with Gasteiger partial charge in [-0.1, -0.05) is 0 Å². The van der Waals surface area contributed by atoms with Crippen molar-refractivity contribution < 1.29 is 23.9 Å². The molecule has 4 amide bonds. The van der Waals surface area contributed by atoms with Gasteiger partial charge in [0.1, 0.15) is 11.4 Å². The fourth-order valence-corrected chi connectivity index (χ4v) is 3.63. The van der Waals surface area contributed by atoms with E-state index in [1.807, 2.05) is 0 Å². The summed E-state index contributed by atoms with van der Waals surface area (Å²) in [5.41, 5.74) is 0.534. The Hall–Kier alpha value is -2.97. The second kappa shape index (κ2) is 6.08. The molecular weight excluding hydrogens is 340 g/mol. The quantitative estimate of drug-likeness (QED) is 0.790. The summed E-state index contributed by atoms with van der Waals surface area (Å²) in [5.74, 6) is 0.313. The molecule has 0 bridgehead atoms. The average Bonchev–Trinajstić information content (AvgIpc) is 2.88. The number of carbonyl (C=O) groups excluding carboxylic acids is 3. The summed E-state index contributed by atoms with van der Waals surface area (Å²) in [6.07, 6.45) is 1.17. The summed E-state index contributed by atoms with van der Waals surface area (Å²) in [7, 11) is 1.70. The van der Waals surface area contributed by atoms with Crippen LogP contribution in [0.4, 0.5) is 21.0 Å². The van der Waals surface area contributed by atoms with E-state index in [1.54, 1.807) is 30.1 Å². The minimum Gasteiger partial charge on any atom is -0.482 e. The van der Waals surface area contributed by atoms with Crippen LogP contribution in [0, 0.1) is 0 Å². The van der Waals surface area contributed by atoms with Gasteiger partial charge in [0.25, 0.3) is 5.91 Å². The summed E-state index contributed by atoms with van der Waals surface area (Å²) in [5, 5.41) is 5.55. The minimum absolute atomic E-state index is 0.0437. The van der Waals surface area contributed by atoms with E-state index in [9.17, 15) is 14.4 Å². The van der Waals surface area contributed by atoms with Gasteiger partial charge in [0.15, 0.2) is 6.61 Å². The molecule has 1 spiro atoms. The molecule has 0 aromatic heterocycles. The smallest absolute Gasteiger partial charge is 0.410 e. The zero-order valence-electron chi connectivity index (χ0n) is 14.4. The van der Waals surface area contributed by atoms with Gasteiger partial charge in [-0.05, 0) is 25.0 Å². The average molecular weight is 360 g/mol. The highest BCUT2D eigenvalue weighted by Crippen LogP contribution is 2.33. The summed E-state index contributed by atoms with van der Waals surface area (Å²) >= 11 is 0. The molecule has 26 heavy (non-hydrogen) atoms. The molecule has 0 saturated carbocycles. The highest BCUT2D eigenvalue weighted by molar-refractivity contribution is 5.96. The molecule has 3 heterocycles. The maximum absolute atomic E-state index is 12.6. The van der Waals surface area contributed by atoms with Crippen molar-refractivity contribution in [1.82, 2.24) is 9.80 Å². The van der Waals surface area contributed by atoms with E-state index in [0.717, 1.165) is 12.8 Å². The second-order valence-electron chi connectivity index (χ2n) is 6.91. The molecule has 2 saturated heterocycles. The number of ether oxygens (including phenoxy) is 2. The lowest BCUT2D eigenvalue weighted by atomic mass is 9.93. The number of rotatable bonds is 1. The van der Waals surface area contributed by atoms with Crippen molar-refractivity contribution in [1.29, 1.82) is 0 Å². The predicted molar refractivity (Wildman–Crippen MR) is 92.2 cm³/mol. The Morgan fingerprint density at radius 3 is 2.92 bits per heavy atom. The Morgan fingerprint density at radius 2 is 2.15 bits per heavy atom. The first-order valence-corrected chi connectivity index (χ1v) is 8.51. The van der Waals surface area contributed by atoms with E-state index in [-0.39, 0.29) is 24.6 Å². The monoisotopic (exact) mass is 360 g/mol. The number of benzene rings is 1. The molecule has 9 nitrogen and oxygen atoms in total. The minimum atomic E-state index is -0.620. The SMILES string of the molecule is CN1C[C@@]2(CCCN(C(=O)Nc3ccc4c(c3)OCC(=O)N4)C2)OC1=O. The molecular formula is C17H20N4O5. The summed E-state index contributed by atoms with van der Waals surface area (Å²) in [6.45, 7) is 1.42. The number of likely N-dealkylation sites (tertiary alicyclic amines) is 1. The Balaban J connectivity index is 1.43. The van der Waals surface area contributed by atoms with Gasteiger partial charge < -0.3 is 29.9 Å². The number of piperidine rings is 1. The summed E-state index contributed by atoms with van der Waals surface area (Å²) in [4.78, 5) is 38.9. The Morgan fingerprint density at radius 1 is 1.31 bits per heavy atom. The fourth-order valence-electron chi connectivity index (χ4n) is 3.63. The number of hydrogen-bond donors (Lipinski definition) is 2. The van der Waals surface area contributed by atoms with Gasteiger partial charge in [-0.3, -0.25) is 4.79 Å². The number of likely N-dealkylation sites (N-methyl/N-ethyl adjacent to an activating group) is 1. The maximum Gasteiger partial charge on any atom is 0.410 e. The van der Waals surface area contributed by atoms with Crippen molar-refractivity contribution in [2.45, 2.75) is 18.4 Å². The van der Waals surface area contributed by atoms with Gasteiger partial charge >= 0.3 is 12.1 Å². The summed E-state index contributed by atoms with van der Waals surface area (Å²) < 4.78 is 10.9. The number of urea groups is 1. The first-order valence-electron chi connectivity index (χ1n) is 8.51. The van der Waals surface area contributed by atoms with Crippen molar-refractivity contribution in [3.8, 4) is 5.75 Å². The molecule has 1 aromatic carbocycles. The van der Waals surface area contributed by atoms with Crippen LogP contribution in [0.5, 0.6) is 5.75 Å². The van der Waals surface area contributed by atoms with Crippen LogP contribution in [0.1, 0.15) is 12.8 Å². The molecule has 0 radical (unpaired) electrons. The van der Waals surface area contributed by atoms with Gasteiger partial charge in [0, 0.05) is 25.3 Å². The predicted octanol–water partition coefficient (Wildman–Crippen LogP) is 1.47. The largest absolute Gasteiger partial charge is 0.482 e. The number of anilines is 2. The number of carbonyl (C=O) groups is 3. The van der Waals surface area contributed by atoms with Gasteiger partial charge in [0.05, 0.1) is 18.8 Å². The standard InChI is InChI=1S/C17H20N4O5/c1-20-9-17(26-16(20)24)5-2-6-21(10-17)15(23)18-11-3-4-12-13(7-11)25-8-14(22)19-12/h3-4,7H,2,5-6,8-10H2,1H3,(H,18,23)(H,19,22)/t17-/m1/s1. The molecule has 2 fully saturated rings. The second-order valence-corrected chi connectivity index (χ2v) is 6.91. The molecule has 0 unspecified atom stereocenters. The fraction of sp³-hybridized carbons (Fsp3) is 0.471. The van der Waals surface area contributed by atoms with E-state index in [4.69, 9.17) is 9.47 Å². The molecule has 4 rings (SSSR count). The van der Waals surface area contributed by atoms with Gasteiger partial charge in [-0.2, -0.15) is 0 Å².